The van der Waals surface area contributed by atoms with Crippen molar-refractivity contribution in [2.45, 2.75) is 38.3 Å². The zero-order valence-corrected chi connectivity index (χ0v) is 19.1. The summed E-state index contributed by atoms with van der Waals surface area (Å²) in [5.41, 5.74) is 2.07. The van der Waals surface area contributed by atoms with E-state index in [9.17, 15) is 4.79 Å². The van der Waals surface area contributed by atoms with E-state index in [4.69, 9.17) is 4.74 Å². The Labute approximate surface area is 191 Å². The van der Waals surface area contributed by atoms with Gasteiger partial charge in [0.05, 0.1) is 34.6 Å². The highest BCUT2D eigenvalue weighted by atomic mass is 32.1. The summed E-state index contributed by atoms with van der Waals surface area (Å²) >= 11 is 1.62. The molecule has 0 N–H and O–H groups in total. The second kappa shape index (κ2) is 9.48. The van der Waals surface area contributed by atoms with E-state index in [1.165, 1.54) is 25.7 Å². The van der Waals surface area contributed by atoms with E-state index >= 15 is 0 Å². The molecule has 1 saturated carbocycles. The average molecular weight is 453 g/mol. The molecule has 0 aromatic carbocycles. The SMILES string of the molecule is COCc1c(C(=O)N2CCN(C3CCCC3)CC2)cnn1-c1nccc(-c2cccs2)n1. The molecule has 2 fully saturated rings. The Hall–Kier alpha value is -2.62. The van der Waals surface area contributed by atoms with Crippen LogP contribution in [0.2, 0.25) is 0 Å². The fraction of sp³-hybridized carbons (Fsp3) is 0.478. The first-order valence-electron chi connectivity index (χ1n) is 11.2. The minimum absolute atomic E-state index is 0.00350. The molecule has 0 spiro atoms. The third-order valence-corrected chi connectivity index (χ3v) is 7.32. The highest BCUT2D eigenvalue weighted by Crippen LogP contribution is 2.26. The number of rotatable bonds is 6. The monoisotopic (exact) mass is 452 g/mol. The number of carbonyl (C=O) groups excluding carboxylic acids is 1. The number of nitrogens with zero attached hydrogens (tertiary/aromatic N) is 6. The summed E-state index contributed by atoms with van der Waals surface area (Å²) in [6.45, 7) is 3.64. The minimum Gasteiger partial charge on any atom is -0.378 e. The van der Waals surface area contributed by atoms with Crippen molar-refractivity contribution in [3.05, 3.63) is 47.2 Å². The van der Waals surface area contributed by atoms with Gasteiger partial charge in [0.1, 0.15) is 0 Å². The quantitative estimate of drug-likeness (QED) is 0.572. The highest BCUT2D eigenvalue weighted by molar-refractivity contribution is 7.13. The smallest absolute Gasteiger partial charge is 0.257 e. The third-order valence-electron chi connectivity index (χ3n) is 6.43. The van der Waals surface area contributed by atoms with Crippen LogP contribution in [0, 0.1) is 0 Å². The Kier molecular flexibility index (Phi) is 6.29. The van der Waals surface area contributed by atoms with Crippen molar-refractivity contribution in [2.24, 2.45) is 0 Å². The van der Waals surface area contributed by atoms with Crippen LogP contribution in [0.3, 0.4) is 0 Å². The summed E-state index contributed by atoms with van der Waals surface area (Å²) in [7, 11) is 1.62. The molecule has 0 bridgehead atoms. The second-order valence-electron chi connectivity index (χ2n) is 8.34. The number of carbonyl (C=O) groups is 1. The normalized spacial score (nSPS) is 17.8. The fourth-order valence-corrected chi connectivity index (χ4v) is 5.44. The minimum atomic E-state index is 0.00350. The van der Waals surface area contributed by atoms with Crippen LogP contribution in [0.15, 0.2) is 36.0 Å². The van der Waals surface area contributed by atoms with Gasteiger partial charge in [-0.3, -0.25) is 9.69 Å². The van der Waals surface area contributed by atoms with Crippen LogP contribution in [-0.2, 0) is 11.3 Å². The number of thiophene rings is 1. The fourth-order valence-electron chi connectivity index (χ4n) is 4.74. The standard InChI is InChI=1S/C23H28N6O2S/c1-31-16-20-18(22(30)28-12-10-27(11-13-28)17-5-2-3-6-17)15-25-29(20)23-24-9-8-19(26-23)21-7-4-14-32-21/h4,7-9,14-15,17H,2-3,5-6,10-13,16H2,1H3. The van der Waals surface area contributed by atoms with E-state index in [2.05, 4.69) is 20.0 Å². The number of hydrogen-bond acceptors (Lipinski definition) is 7. The van der Waals surface area contributed by atoms with Crippen LogP contribution in [0.5, 0.6) is 0 Å². The number of ether oxygens (including phenoxy) is 1. The largest absolute Gasteiger partial charge is 0.378 e. The molecule has 1 amide bonds. The van der Waals surface area contributed by atoms with Crippen LogP contribution in [0.4, 0.5) is 0 Å². The summed E-state index contributed by atoms with van der Waals surface area (Å²) in [4.78, 5) is 28.0. The van der Waals surface area contributed by atoms with Gasteiger partial charge in [-0.1, -0.05) is 18.9 Å². The molecule has 2 aliphatic rings. The van der Waals surface area contributed by atoms with Crippen LogP contribution >= 0.6 is 11.3 Å². The molecule has 8 nitrogen and oxygen atoms in total. The summed E-state index contributed by atoms with van der Waals surface area (Å²) in [5, 5.41) is 6.50. The lowest BCUT2D eigenvalue weighted by Crippen LogP contribution is -2.51. The van der Waals surface area contributed by atoms with Crippen LogP contribution < -0.4 is 0 Å². The molecular formula is C23H28N6O2S. The molecule has 32 heavy (non-hydrogen) atoms. The maximum Gasteiger partial charge on any atom is 0.257 e. The van der Waals surface area contributed by atoms with Gasteiger partial charge in [0, 0.05) is 45.5 Å². The van der Waals surface area contributed by atoms with Crippen LogP contribution in [0.1, 0.15) is 41.7 Å². The molecule has 168 valence electrons. The van der Waals surface area contributed by atoms with Crippen LogP contribution in [0.25, 0.3) is 16.5 Å². The van der Waals surface area contributed by atoms with Gasteiger partial charge in [0.2, 0.25) is 0 Å². The number of hydrogen-bond donors (Lipinski definition) is 0. The van der Waals surface area contributed by atoms with Crippen LogP contribution in [-0.4, -0.2) is 74.8 Å². The van der Waals surface area contributed by atoms with E-state index < -0.39 is 0 Å². The Morgan fingerprint density at radius 1 is 1.19 bits per heavy atom. The Balaban J connectivity index is 1.36. The third kappa shape index (κ3) is 4.20. The molecule has 5 rings (SSSR count). The number of piperazine rings is 1. The molecule has 9 heteroatoms. The highest BCUT2D eigenvalue weighted by Gasteiger charge is 2.30. The van der Waals surface area contributed by atoms with Crippen molar-refractivity contribution in [3.8, 4) is 16.5 Å². The van der Waals surface area contributed by atoms with Gasteiger partial charge in [0.15, 0.2) is 0 Å². The van der Waals surface area contributed by atoms with E-state index in [0.717, 1.165) is 36.8 Å². The predicted octanol–water partition coefficient (Wildman–Crippen LogP) is 3.24. The lowest BCUT2D eigenvalue weighted by molar-refractivity contribution is 0.0569. The number of methoxy groups -OCH3 is 1. The summed E-state index contributed by atoms with van der Waals surface area (Å²) < 4.78 is 7.05. The molecule has 4 heterocycles. The summed E-state index contributed by atoms with van der Waals surface area (Å²) in [6, 6.07) is 6.60. The summed E-state index contributed by atoms with van der Waals surface area (Å²) in [6.07, 6.45) is 8.60. The van der Waals surface area contributed by atoms with Gasteiger partial charge in [-0.2, -0.15) is 9.78 Å². The molecule has 0 atom stereocenters. The van der Waals surface area contributed by atoms with E-state index in [-0.39, 0.29) is 12.5 Å². The molecule has 1 saturated heterocycles. The van der Waals surface area contributed by atoms with E-state index in [1.807, 2.05) is 28.5 Å². The molecule has 0 radical (unpaired) electrons. The molecule has 3 aromatic heterocycles. The molecule has 3 aromatic rings. The zero-order valence-electron chi connectivity index (χ0n) is 18.3. The van der Waals surface area contributed by atoms with Gasteiger partial charge in [-0.25, -0.2) is 9.97 Å². The maximum atomic E-state index is 13.4. The van der Waals surface area contributed by atoms with Gasteiger partial charge >= 0.3 is 0 Å². The van der Waals surface area contributed by atoms with E-state index in [1.54, 1.807) is 35.5 Å². The molecule has 1 aliphatic heterocycles. The number of aromatic nitrogens is 4. The topological polar surface area (TPSA) is 76.4 Å². The molecule has 1 aliphatic carbocycles. The zero-order chi connectivity index (χ0) is 21.9. The Morgan fingerprint density at radius 2 is 2.00 bits per heavy atom. The Morgan fingerprint density at radius 3 is 2.72 bits per heavy atom. The van der Waals surface area contributed by atoms with Gasteiger partial charge < -0.3 is 9.64 Å². The van der Waals surface area contributed by atoms with Crippen molar-refractivity contribution in [2.75, 3.05) is 33.3 Å². The molecule has 0 unspecified atom stereocenters. The van der Waals surface area contributed by atoms with Gasteiger partial charge in [-0.15, -0.1) is 11.3 Å². The van der Waals surface area contributed by atoms with Crippen molar-refractivity contribution < 1.29 is 9.53 Å². The van der Waals surface area contributed by atoms with E-state index in [0.29, 0.717) is 23.2 Å². The van der Waals surface area contributed by atoms with Crippen molar-refractivity contribution in [3.63, 3.8) is 0 Å². The van der Waals surface area contributed by atoms with Crippen molar-refractivity contribution in [1.29, 1.82) is 0 Å². The lowest BCUT2D eigenvalue weighted by Gasteiger charge is -2.38. The average Bonchev–Trinajstić information content (AvgIpc) is 3.61. The first-order chi connectivity index (χ1) is 15.7. The maximum absolute atomic E-state index is 13.4. The Bertz CT molecular complexity index is 1050. The van der Waals surface area contributed by atoms with Crippen molar-refractivity contribution >= 4 is 17.2 Å². The predicted molar refractivity (Wildman–Crippen MR) is 123 cm³/mol. The lowest BCUT2D eigenvalue weighted by atomic mass is 10.1. The van der Waals surface area contributed by atoms with Gasteiger partial charge in [-0.05, 0) is 30.4 Å². The number of amides is 1. The van der Waals surface area contributed by atoms with Gasteiger partial charge in [0.25, 0.3) is 11.9 Å². The second-order valence-corrected chi connectivity index (χ2v) is 9.28. The first kappa shape index (κ1) is 21.2. The summed E-state index contributed by atoms with van der Waals surface area (Å²) in [5.74, 6) is 0.442. The molecular weight excluding hydrogens is 424 g/mol. The van der Waals surface area contributed by atoms with Crippen molar-refractivity contribution in [1.82, 2.24) is 29.5 Å². The first-order valence-corrected chi connectivity index (χ1v) is 12.1.